The molecule has 0 aliphatic heterocycles. The lowest BCUT2D eigenvalue weighted by molar-refractivity contribution is 0.0729. The molecule has 0 atom stereocenters. The standard InChI is InChI=1S/C15H9Cl2NO3/c1-20-14-4-9(8-18)2-3-13(14)21-15(19)10-5-11(16)7-12(17)6-10/h2-7H,1H3. The molecule has 21 heavy (non-hydrogen) atoms. The van der Waals surface area contributed by atoms with Gasteiger partial charge >= 0.3 is 5.97 Å². The summed E-state index contributed by atoms with van der Waals surface area (Å²) >= 11 is 11.7. The predicted octanol–water partition coefficient (Wildman–Crippen LogP) is 4.09. The molecule has 0 aromatic heterocycles. The number of methoxy groups -OCH3 is 1. The normalized spacial score (nSPS) is 9.81. The fourth-order valence-corrected chi connectivity index (χ4v) is 2.18. The van der Waals surface area contributed by atoms with Crippen LogP contribution in [0.4, 0.5) is 0 Å². The molecule has 4 nitrogen and oxygen atoms in total. The summed E-state index contributed by atoms with van der Waals surface area (Å²) in [5, 5.41) is 9.50. The van der Waals surface area contributed by atoms with Gasteiger partial charge in [-0.2, -0.15) is 5.26 Å². The lowest BCUT2D eigenvalue weighted by Gasteiger charge is -2.09. The van der Waals surface area contributed by atoms with Crippen molar-refractivity contribution in [2.75, 3.05) is 7.11 Å². The third-order valence-electron chi connectivity index (χ3n) is 2.59. The molecule has 0 N–H and O–H groups in total. The van der Waals surface area contributed by atoms with Crippen molar-refractivity contribution in [2.24, 2.45) is 0 Å². The van der Waals surface area contributed by atoms with Gasteiger partial charge in [0.25, 0.3) is 0 Å². The highest BCUT2D eigenvalue weighted by Crippen LogP contribution is 2.29. The van der Waals surface area contributed by atoms with Crippen LogP contribution in [-0.4, -0.2) is 13.1 Å². The number of rotatable bonds is 3. The highest BCUT2D eigenvalue weighted by atomic mass is 35.5. The molecular weight excluding hydrogens is 313 g/mol. The Balaban J connectivity index is 2.29. The van der Waals surface area contributed by atoms with Crippen molar-refractivity contribution in [2.45, 2.75) is 0 Å². The Morgan fingerprint density at radius 3 is 2.33 bits per heavy atom. The molecule has 0 aliphatic carbocycles. The summed E-state index contributed by atoms with van der Waals surface area (Å²) in [5.41, 5.74) is 0.622. The first kappa shape index (κ1) is 15.2. The molecular formula is C15H9Cl2NO3. The van der Waals surface area contributed by atoms with E-state index in [1.54, 1.807) is 0 Å². The van der Waals surface area contributed by atoms with Gasteiger partial charge in [-0.1, -0.05) is 23.2 Å². The minimum absolute atomic E-state index is 0.206. The molecule has 0 unspecified atom stereocenters. The van der Waals surface area contributed by atoms with Crippen LogP contribution in [0.25, 0.3) is 0 Å². The second kappa shape index (κ2) is 6.49. The van der Waals surface area contributed by atoms with Crippen molar-refractivity contribution >= 4 is 29.2 Å². The molecule has 0 saturated heterocycles. The number of ether oxygens (including phenoxy) is 2. The first-order chi connectivity index (χ1) is 10.0. The Kier molecular flexibility index (Phi) is 4.69. The third-order valence-corrected chi connectivity index (χ3v) is 3.03. The van der Waals surface area contributed by atoms with Crippen molar-refractivity contribution in [1.82, 2.24) is 0 Å². The summed E-state index contributed by atoms with van der Waals surface area (Å²) < 4.78 is 10.3. The number of nitriles is 1. The second-order valence-corrected chi connectivity index (χ2v) is 4.90. The molecule has 0 amide bonds. The first-order valence-corrected chi connectivity index (χ1v) is 6.55. The Labute approximate surface area is 131 Å². The maximum absolute atomic E-state index is 12.1. The number of hydrogen-bond donors (Lipinski definition) is 0. The maximum Gasteiger partial charge on any atom is 0.343 e. The Bertz CT molecular complexity index is 718. The average molecular weight is 322 g/mol. The van der Waals surface area contributed by atoms with E-state index in [9.17, 15) is 4.79 Å². The van der Waals surface area contributed by atoms with Crippen molar-refractivity contribution in [1.29, 1.82) is 5.26 Å². The van der Waals surface area contributed by atoms with E-state index < -0.39 is 5.97 Å². The Hall–Kier alpha value is -2.22. The van der Waals surface area contributed by atoms with E-state index in [0.29, 0.717) is 15.6 Å². The van der Waals surface area contributed by atoms with Crippen LogP contribution in [0.5, 0.6) is 11.5 Å². The summed E-state index contributed by atoms with van der Waals surface area (Å²) in [6.07, 6.45) is 0. The molecule has 0 radical (unpaired) electrons. The number of hydrogen-bond acceptors (Lipinski definition) is 4. The van der Waals surface area contributed by atoms with E-state index >= 15 is 0 Å². The molecule has 0 fully saturated rings. The van der Waals surface area contributed by atoms with Gasteiger partial charge in [0.1, 0.15) is 0 Å². The largest absolute Gasteiger partial charge is 0.493 e. The van der Waals surface area contributed by atoms with Crippen LogP contribution in [0.15, 0.2) is 36.4 Å². The van der Waals surface area contributed by atoms with Crippen LogP contribution >= 0.6 is 23.2 Å². The molecule has 2 rings (SSSR count). The van der Waals surface area contributed by atoms with Gasteiger partial charge < -0.3 is 9.47 Å². The number of benzene rings is 2. The van der Waals surface area contributed by atoms with Crippen molar-refractivity contribution in [3.63, 3.8) is 0 Å². The molecule has 0 bridgehead atoms. The third kappa shape index (κ3) is 3.66. The van der Waals surface area contributed by atoms with E-state index in [-0.39, 0.29) is 17.1 Å². The Morgan fingerprint density at radius 1 is 1.10 bits per heavy atom. The fourth-order valence-electron chi connectivity index (χ4n) is 1.65. The highest BCUT2D eigenvalue weighted by molar-refractivity contribution is 6.35. The van der Waals surface area contributed by atoms with Gasteiger partial charge in [0, 0.05) is 16.1 Å². The van der Waals surface area contributed by atoms with Gasteiger partial charge in [-0.15, -0.1) is 0 Å². The minimum Gasteiger partial charge on any atom is -0.493 e. The predicted molar refractivity (Wildman–Crippen MR) is 79.1 cm³/mol. The van der Waals surface area contributed by atoms with Crippen LogP contribution in [0.2, 0.25) is 10.0 Å². The molecule has 2 aromatic rings. The summed E-state index contributed by atoms with van der Waals surface area (Å²) in [5.74, 6) is -0.129. The first-order valence-electron chi connectivity index (χ1n) is 5.80. The number of nitrogens with zero attached hydrogens (tertiary/aromatic N) is 1. The highest BCUT2D eigenvalue weighted by Gasteiger charge is 2.14. The SMILES string of the molecule is COc1cc(C#N)ccc1OC(=O)c1cc(Cl)cc(Cl)c1. The van der Waals surface area contributed by atoms with Crippen LogP contribution in [0, 0.1) is 11.3 Å². The van der Waals surface area contributed by atoms with Gasteiger partial charge in [0.15, 0.2) is 11.5 Å². The quantitative estimate of drug-likeness (QED) is 0.631. The molecule has 0 spiro atoms. The number of carbonyl (C=O) groups excluding carboxylic acids is 1. The molecule has 0 heterocycles. The summed E-state index contributed by atoms with van der Waals surface area (Å²) in [7, 11) is 1.42. The Morgan fingerprint density at radius 2 is 1.76 bits per heavy atom. The van der Waals surface area contributed by atoms with E-state index in [1.165, 1.54) is 43.5 Å². The molecule has 0 aliphatic rings. The summed E-state index contributed by atoms with van der Waals surface area (Å²) in [4.78, 5) is 12.1. The van der Waals surface area contributed by atoms with Gasteiger partial charge in [-0.25, -0.2) is 4.79 Å². The molecule has 2 aromatic carbocycles. The number of carbonyl (C=O) groups is 1. The van der Waals surface area contributed by atoms with Crippen LogP contribution < -0.4 is 9.47 Å². The van der Waals surface area contributed by atoms with Gasteiger partial charge in [-0.05, 0) is 30.3 Å². The topological polar surface area (TPSA) is 59.3 Å². The van der Waals surface area contributed by atoms with Gasteiger partial charge in [0.05, 0.1) is 24.3 Å². The molecule has 106 valence electrons. The van der Waals surface area contributed by atoms with Crippen LogP contribution in [0.3, 0.4) is 0 Å². The zero-order chi connectivity index (χ0) is 15.4. The van der Waals surface area contributed by atoms with Crippen molar-refractivity contribution < 1.29 is 14.3 Å². The van der Waals surface area contributed by atoms with Crippen molar-refractivity contribution in [3.8, 4) is 17.6 Å². The smallest absolute Gasteiger partial charge is 0.343 e. The average Bonchev–Trinajstić information content (AvgIpc) is 2.46. The lowest BCUT2D eigenvalue weighted by atomic mass is 10.2. The summed E-state index contributed by atoms with van der Waals surface area (Å²) in [6, 6.07) is 10.9. The second-order valence-electron chi connectivity index (χ2n) is 4.03. The zero-order valence-corrected chi connectivity index (χ0v) is 12.4. The lowest BCUT2D eigenvalue weighted by Crippen LogP contribution is -2.09. The van der Waals surface area contributed by atoms with E-state index in [4.69, 9.17) is 37.9 Å². The van der Waals surface area contributed by atoms with E-state index in [2.05, 4.69) is 0 Å². The van der Waals surface area contributed by atoms with Gasteiger partial charge in [0.2, 0.25) is 0 Å². The number of halogens is 2. The monoisotopic (exact) mass is 321 g/mol. The number of esters is 1. The van der Waals surface area contributed by atoms with E-state index in [0.717, 1.165) is 0 Å². The minimum atomic E-state index is -0.623. The maximum atomic E-state index is 12.1. The van der Waals surface area contributed by atoms with E-state index in [1.807, 2.05) is 6.07 Å². The zero-order valence-electron chi connectivity index (χ0n) is 10.9. The van der Waals surface area contributed by atoms with Gasteiger partial charge in [-0.3, -0.25) is 0 Å². The molecule has 6 heteroatoms. The summed E-state index contributed by atoms with van der Waals surface area (Å²) in [6.45, 7) is 0. The molecule has 0 saturated carbocycles. The van der Waals surface area contributed by atoms with Crippen molar-refractivity contribution in [3.05, 3.63) is 57.6 Å². The van der Waals surface area contributed by atoms with Crippen LogP contribution in [-0.2, 0) is 0 Å². The fraction of sp³-hybridized carbons (Fsp3) is 0.0667. The van der Waals surface area contributed by atoms with Crippen LogP contribution in [0.1, 0.15) is 15.9 Å².